The van der Waals surface area contributed by atoms with Gasteiger partial charge >= 0.3 is 6.09 Å². The number of alkyl halides is 1. The standard InChI is InChI=1S/C13H16Cl2N4O2/c1-13(2,3)21-12(20)18-7-19-8(5-14)4-9-10(15)16-6-17-11(9)19/h4,6H,5,7H2,1-3H3,(H,18,20). The lowest BCUT2D eigenvalue weighted by atomic mass is 10.2. The first-order valence-electron chi connectivity index (χ1n) is 6.33. The summed E-state index contributed by atoms with van der Waals surface area (Å²) in [7, 11) is 0. The molecule has 21 heavy (non-hydrogen) atoms. The minimum absolute atomic E-state index is 0.188. The Hall–Kier alpha value is -1.53. The molecule has 0 unspecified atom stereocenters. The number of nitrogens with one attached hydrogen (secondary N) is 1. The van der Waals surface area contributed by atoms with Crippen molar-refractivity contribution in [2.24, 2.45) is 0 Å². The average molecular weight is 331 g/mol. The molecule has 0 aliphatic carbocycles. The molecule has 0 fully saturated rings. The van der Waals surface area contributed by atoms with Crippen molar-refractivity contribution in [1.82, 2.24) is 19.9 Å². The van der Waals surface area contributed by atoms with Crippen LogP contribution in [0.2, 0.25) is 5.15 Å². The molecule has 0 spiro atoms. The lowest BCUT2D eigenvalue weighted by Gasteiger charge is -2.20. The maximum Gasteiger partial charge on any atom is 0.409 e. The molecule has 0 radical (unpaired) electrons. The second kappa shape index (κ2) is 6.07. The molecule has 0 aromatic carbocycles. The topological polar surface area (TPSA) is 69.0 Å². The third-order valence-corrected chi connectivity index (χ3v) is 3.22. The predicted molar refractivity (Wildman–Crippen MR) is 81.5 cm³/mol. The van der Waals surface area contributed by atoms with Gasteiger partial charge in [0.1, 0.15) is 22.7 Å². The predicted octanol–water partition coefficient (Wildman–Crippen LogP) is 3.31. The van der Waals surface area contributed by atoms with E-state index in [4.69, 9.17) is 27.9 Å². The number of ether oxygens (including phenoxy) is 1. The van der Waals surface area contributed by atoms with Crippen molar-refractivity contribution in [2.45, 2.75) is 38.9 Å². The summed E-state index contributed by atoms with van der Waals surface area (Å²) in [6.45, 7) is 5.59. The lowest BCUT2D eigenvalue weighted by molar-refractivity contribution is 0.0512. The summed E-state index contributed by atoms with van der Waals surface area (Å²) in [6.07, 6.45) is 0.858. The van der Waals surface area contributed by atoms with Gasteiger partial charge in [-0.15, -0.1) is 11.6 Å². The zero-order chi connectivity index (χ0) is 15.6. The van der Waals surface area contributed by atoms with E-state index in [9.17, 15) is 4.79 Å². The number of nitrogens with zero attached hydrogens (tertiary/aromatic N) is 3. The smallest absolute Gasteiger partial charge is 0.409 e. The van der Waals surface area contributed by atoms with E-state index in [-0.39, 0.29) is 12.5 Å². The molecule has 1 N–H and O–H groups in total. The second-order valence-electron chi connectivity index (χ2n) is 5.44. The Labute approximate surface area is 132 Å². The molecule has 0 atom stereocenters. The van der Waals surface area contributed by atoms with Crippen LogP contribution in [0.1, 0.15) is 26.5 Å². The first kappa shape index (κ1) is 15.9. The van der Waals surface area contributed by atoms with Crippen LogP contribution in [-0.4, -0.2) is 26.2 Å². The highest BCUT2D eigenvalue weighted by Gasteiger charge is 2.17. The summed E-state index contributed by atoms with van der Waals surface area (Å²) < 4.78 is 6.95. The summed E-state index contributed by atoms with van der Waals surface area (Å²) in [6, 6.07) is 1.81. The highest BCUT2D eigenvalue weighted by atomic mass is 35.5. The van der Waals surface area contributed by atoms with Crippen LogP contribution < -0.4 is 5.32 Å². The van der Waals surface area contributed by atoms with E-state index in [1.54, 1.807) is 31.4 Å². The van der Waals surface area contributed by atoms with Crippen LogP contribution >= 0.6 is 23.2 Å². The first-order chi connectivity index (χ1) is 9.81. The van der Waals surface area contributed by atoms with Crippen molar-refractivity contribution in [3.63, 3.8) is 0 Å². The number of amides is 1. The van der Waals surface area contributed by atoms with E-state index in [0.29, 0.717) is 16.2 Å². The minimum Gasteiger partial charge on any atom is -0.444 e. The number of carbonyl (C=O) groups excluding carboxylic acids is 1. The number of rotatable bonds is 3. The molecular weight excluding hydrogens is 315 g/mol. The fourth-order valence-corrected chi connectivity index (χ4v) is 2.23. The van der Waals surface area contributed by atoms with Crippen molar-refractivity contribution in [1.29, 1.82) is 0 Å². The molecule has 2 aromatic rings. The van der Waals surface area contributed by atoms with E-state index >= 15 is 0 Å². The summed E-state index contributed by atoms with van der Waals surface area (Å²) >= 11 is 12.0. The Morgan fingerprint density at radius 1 is 1.43 bits per heavy atom. The van der Waals surface area contributed by atoms with Crippen LogP contribution in [0.4, 0.5) is 4.79 Å². The second-order valence-corrected chi connectivity index (χ2v) is 6.06. The van der Waals surface area contributed by atoms with Gasteiger partial charge < -0.3 is 14.6 Å². The minimum atomic E-state index is -0.552. The Balaban J connectivity index is 2.22. The van der Waals surface area contributed by atoms with Gasteiger partial charge in [0, 0.05) is 5.69 Å². The molecule has 0 saturated carbocycles. The van der Waals surface area contributed by atoms with Gasteiger partial charge in [-0.1, -0.05) is 11.6 Å². The number of aromatic nitrogens is 3. The summed E-state index contributed by atoms with van der Waals surface area (Å²) in [4.78, 5) is 19.8. The Bertz CT molecular complexity index is 664. The molecule has 0 saturated heterocycles. The van der Waals surface area contributed by atoms with Gasteiger partial charge in [-0.2, -0.15) is 0 Å². The van der Waals surface area contributed by atoms with Gasteiger partial charge in [0.15, 0.2) is 0 Å². The number of carbonyl (C=O) groups is 1. The molecule has 1 amide bonds. The van der Waals surface area contributed by atoms with Crippen LogP contribution in [0.5, 0.6) is 0 Å². The van der Waals surface area contributed by atoms with Crippen LogP contribution in [-0.2, 0) is 17.3 Å². The van der Waals surface area contributed by atoms with Gasteiger partial charge in [0.2, 0.25) is 0 Å². The average Bonchev–Trinajstić information content (AvgIpc) is 2.73. The zero-order valence-electron chi connectivity index (χ0n) is 12.0. The maximum absolute atomic E-state index is 11.7. The van der Waals surface area contributed by atoms with Gasteiger partial charge in [-0.25, -0.2) is 14.8 Å². The van der Waals surface area contributed by atoms with E-state index in [1.165, 1.54) is 6.33 Å². The zero-order valence-corrected chi connectivity index (χ0v) is 13.5. The molecule has 0 aliphatic rings. The Morgan fingerprint density at radius 2 is 2.14 bits per heavy atom. The molecule has 0 aliphatic heterocycles. The first-order valence-corrected chi connectivity index (χ1v) is 7.24. The monoisotopic (exact) mass is 330 g/mol. The van der Waals surface area contributed by atoms with Crippen molar-refractivity contribution in [3.05, 3.63) is 23.2 Å². The number of hydrogen-bond acceptors (Lipinski definition) is 4. The molecule has 0 bridgehead atoms. The van der Waals surface area contributed by atoms with Crippen molar-refractivity contribution in [3.8, 4) is 0 Å². The fourth-order valence-electron chi connectivity index (χ4n) is 1.83. The number of halogens is 2. The molecule has 2 aromatic heterocycles. The summed E-state index contributed by atoms with van der Waals surface area (Å²) in [5, 5.41) is 3.71. The van der Waals surface area contributed by atoms with Gasteiger partial charge in [-0.05, 0) is 26.8 Å². The van der Waals surface area contributed by atoms with Gasteiger partial charge in [0.05, 0.1) is 17.9 Å². The normalized spacial score (nSPS) is 11.7. The van der Waals surface area contributed by atoms with Crippen molar-refractivity contribution < 1.29 is 9.53 Å². The quantitative estimate of drug-likeness (QED) is 0.692. The Morgan fingerprint density at radius 3 is 2.76 bits per heavy atom. The fraction of sp³-hybridized carbons (Fsp3) is 0.462. The van der Waals surface area contributed by atoms with Crippen LogP contribution in [0.3, 0.4) is 0 Å². The maximum atomic E-state index is 11.7. The van der Waals surface area contributed by atoms with E-state index in [0.717, 1.165) is 5.69 Å². The van der Waals surface area contributed by atoms with E-state index < -0.39 is 11.7 Å². The third-order valence-electron chi connectivity index (χ3n) is 2.64. The Kier molecular flexibility index (Phi) is 4.58. The molecule has 2 heterocycles. The SMILES string of the molecule is CC(C)(C)OC(=O)NCn1c(CCl)cc2c(Cl)ncnc21. The highest BCUT2D eigenvalue weighted by molar-refractivity contribution is 6.34. The lowest BCUT2D eigenvalue weighted by Crippen LogP contribution is -2.33. The largest absolute Gasteiger partial charge is 0.444 e. The molecule has 8 heteroatoms. The van der Waals surface area contributed by atoms with E-state index in [1.807, 2.05) is 0 Å². The molecule has 114 valence electrons. The highest BCUT2D eigenvalue weighted by Crippen LogP contribution is 2.24. The van der Waals surface area contributed by atoms with Crippen LogP contribution in [0, 0.1) is 0 Å². The number of fused-ring (bicyclic) bond motifs is 1. The summed E-state index contributed by atoms with van der Waals surface area (Å²) in [5.74, 6) is 0.267. The third kappa shape index (κ3) is 3.77. The molecular formula is C13H16Cl2N4O2. The van der Waals surface area contributed by atoms with Crippen LogP contribution in [0.15, 0.2) is 12.4 Å². The van der Waals surface area contributed by atoms with Gasteiger partial charge in [0.25, 0.3) is 0 Å². The van der Waals surface area contributed by atoms with E-state index in [2.05, 4.69) is 15.3 Å². The van der Waals surface area contributed by atoms with Crippen molar-refractivity contribution in [2.75, 3.05) is 0 Å². The molecule has 6 nitrogen and oxygen atoms in total. The van der Waals surface area contributed by atoms with Crippen molar-refractivity contribution >= 4 is 40.3 Å². The number of alkyl carbamates (subject to hydrolysis) is 1. The summed E-state index contributed by atoms with van der Waals surface area (Å²) in [5.41, 5.74) is 0.843. The van der Waals surface area contributed by atoms with Crippen LogP contribution in [0.25, 0.3) is 11.0 Å². The van der Waals surface area contributed by atoms with Gasteiger partial charge in [-0.3, -0.25) is 0 Å². The number of hydrogen-bond donors (Lipinski definition) is 1. The molecule has 2 rings (SSSR count).